The Morgan fingerprint density at radius 3 is 2.30 bits per heavy atom. The van der Waals surface area contributed by atoms with E-state index in [4.69, 9.17) is 21.7 Å². The van der Waals surface area contributed by atoms with Gasteiger partial charge in [-0.25, -0.2) is 0 Å². The Balaban J connectivity index is 1.87. The number of nitrogens with zero attached hydrogens (tertiary/aromatic N) is 2. The maximum Gasteiger partial charge on any atom is 0.265 e. The molecular formula is C23H24N2O4S. The minimum Gasteiger partial charge on any atom is -0.490 e. The molecule has 1 aliphatic heterocycles. The molecule has 0 spiro atoms. The van der Waals surface area contributed by atoms with Gasteiger partial charge in [0, 0.05) is 14.1 Å². The lowest BCUT2D eigenvalue weighted by Gasteiger charge is -2.31. The Morgan fingerprint density at radius 2 is 1.67 bits per heavy atom. The molecule has 0 unspecified atom stereocenters. The summed E-state index contributed by atoms with van der Waals surface area (Å²) >= 11 is 5.12. The quantitative estimate of drug-likeness (QED) is 0.403. The van der Waals surface area contributed by atoms with Crippen LogP contribution in [0.1, 0.15) is 23.6 Å². The first-order valence-corrected chi connectivity index (χ1v) is 9.99. The lowest BCUT2D eigenvalue weighted by Crippen LogP contribution is -2.52. The van der Waals surface area contributed by atoms with Gasteiger partial charge in [0.25, 0.3) is 11.8 Å². The van der Waals surface area contributed by atoms with Crippen LogP contribution in [0.15, 0.2) is 48.0 Å². The maximum absolute atomic E-state index is 12.5. The van der Waals surface area contributed by atoms with Crippen LogP contribution in [0, 0.1) is 6.92 Å². The lowest BCUT2D eigenvalue weighted by atomic mass is 10.1. The normalized spacial score (nSPS) is 14.3. The van der Waals surface area contributed by atoms with Gasteiger partial charge >= 0.3 is 0 Å². The molecule has 3 rings (SSSR count). The number of likely N-dealkylation sites (N-methyl/N-ethyl adjacent to an activating group) is 2. The highest BCUT2D eigenvalue weighted by molar-refractivity contribution is 7.80. The number of hydrogen-bond acceptors (Lipinski definition) is 5. The van der Waals surface area contributed by atoms with Gasteiger partial charge in [0.1, 0.15) is 12.2 Å². The van der Waals surface area contributed by atoms with E-state index in [-0.39, 0.29) is 10.7 Å². The van der Waals surface area contributed by atoms with Gasteiger partial charge in [0.2, 0.25) is 0 Å². The molecule has 2 aromatic rings. The van der Waals surface area contributed by atoms with Gasteiger partial charge < -0.3 is 9.47 Å². The van der Waals surface area contributed by atoms with Crippen molar-refractivity contribution in [2.24, 2.45) is 0 Å². The summed E-state index contributed by atoms with van der Waals surface area (Å²) in [4.78, 5) is 27.6. The van der Waals surface area contributed by atoms with Gasteiger partial charge in [-0.3, -0.25) is 19.4 Å². The number of rotatable bonds is 6. The number of carbonyl (C=O) groups is 2. The number of ether oxygens (including phenoxy) is 2. The fourth-order valence-corrected chi connectivity index (χ4v) is 3.27. The first kappa shape index (κ1) is 21.5. The molecule has 1 saturated heterocycles. The molecule has 30 heavy (non-hydrogen) atoms. The lowest BCUT2D eigenvalue weighted by molar-refractivity contribution is -0.132. The summed E-state index contributed by atoms with van der Waals surface area (Å²) in [6.07, 6.45) is 1.55. The third-order valence-corrected chi connectivity index (χ3v) is 5.25. The van der Waals surface area contributed by atoms with E-state index in [0.29, 0.717) is 30.3 Å². The first-order valence-electron chi connectivity index (χ1n) is 9.58. The number of amides is 2. The second kappa shape index (κ2) is 9.09. The van der Waals surface area contributed by atoms with Crippen molar-refractivity contribution < 1.29 is 19.1 Å². The molecule has 0 saturated carbocycles. The van der Waals surface area contributed by atoms with Crippen molar-refractivity contribution in [2.45, 2.75) is 20.5 Å². The zero-order valence-electron chi connectivity index (χ0n) is 17.5. The zero-order chi connectivity index (χ0) is 21.8. The van der Waals surface area contributed by atoms with Gasteiger partial charge in [0.05, 0.1) is 6.61 Å². The van der Waals surface area contributed by atoms with Crippen LogP contribution in [0.25, 0.3) is 6.08 Å². The van der Waals surface area contributed by atoms with Crippen molar-refractivity contribution in [3.05, 3.63) is 64.7 Å². The molecule has 7 heteroatoms. The highest BCUT2D eigenvalue weighted by Gasteiger charge is 2.35. The van der Waals surface area contributed by atoms with Crippen molar-refractivity contribution in [3.63, 3.8) is 0 Å². The summed E-state index contributed by atoms with van der Waals surface area (Å²) in [5, 5.41) is 0.178. The topological polar surface area (TPSA) is 59.1 Å². The van der Waals surface area contributed by atoms with Crippen molar-refractivity contribution in [3.8, 4) is 11.5 Å². The Morgan fingerprint density at radius 1 is 0.967 bits per heavy atom. The Kier molecular flexibility index (Phi) is 6.52. The molecule has 6 nitrogen and oxygen atoms in total. The van der Waals surface area contributed by atoms with Crippen LogP contribution in [-0.2, 0) is 16.2 Å². The maximum atomic E-state index is 12.5. The standard InChI is InChI=1S/C23H24N2O4S/c1-5-28-20-13-16(12-18-21(26)24(3)23(30)25(4)22(18)27)9-10-19(20)29-14-17-8-6-7-15(2)11-17/h6-13H,5,14H2,1-4H3. The van der Waals surface area contributed by atoms with E-state index in [1.54, 1.807) is 38.4 Å². The molecule has 0 aliphatic carbocycles. The van der Waals surface area contributed by atoms with Crippen molar-refractivity contribution in [2.75, 3.05) is 20.7 Å². The summed E-state index contributed by atoms with van der Waals surface area (Å²) < 4.78 is 11.7. The van der Waals surface area contributed by atoms with E-state index in [0.717, 1.165) is 5.56 Å². The van der Waals surface area contributed by atoms with E-state index in [1.807, 2.05) is 32.0 Å². The van der Waals surface area contributed by atoms with Crippen LogP contribution in [0.4, 0.5) is 0 Å². The molecule has 0 atom stereocenters. The molecular weight excluding hydrogens is 400 g/mol. The van der Waals surface area contributed by atoms with Crippen LogP contribution in [0.3, 0.4) is 0 Å². The molecule has 156 valence electrons. The van der Waals surface area contributed by atoms with E-state index in [2.05, 4.69) is 6.07 Å². The van der Waals surface area contributed by atoms with Gasteiger partial charge in [-0.2, -0.15) is 0 Å². The van der Waals surface area contributed by atoms with Crippen molar-refractivity contribution in [1.29, 1.82) is 0 Å². The van der Waals surface area contributed by atoms with E-state index < -0.39 is 11.8 Å². The Bertz CT molecular complexity index is 1010. The fourth-order valence-electron chi connectivity index (χ4n) is 3.11. The predicted molar refractivity (Wildman–Crippen MR) is 119 cm³/mol. The summed E-state index contributed by atoms with van der Waals surface area (Å²) in [6.45, 7) is 4.78. The molecule has 2 aromatic carbocycles. The second-order valence-corrected chi connectivity index (χ2v) is 7.35. The third-order valence-electron chi connectivity index (χ3n) is 4.70. The Labute approximate surface area is 181 Å². The van der Waals surface area contributed by atoms with E-state index >= 15 is 0 Å². The average molecular weight is 425 g/mol. The fraction of sp³-hybridized carbons (Fsp3) is 0.261. The largest absolute Gasteiger partial charge is 0.490 e. The predicted octanol–water partition coefficient (Wildman–Crippen LogP) is 3.57. The van der Waals surface area contributed by atoms with Crippen molar-refractivity contribution >= 4 is 35.2 Å². The molecule has 1 heterocycles. The zero-order valence-corrected chi connectivity index (χ0v) is 18.3. The number of aryl methyl sites for hydroxylation is 1. The van der Waals surface area contributed by atoms with Gasteiger partial charge in [-0.05, 0) is 55.4 Å². The highest BCUT2D eigenvalue weighted by Crippen LogP contribution is 2.31. The highest BCUT2D eigenvalue weighted by atomic mass is 32.1. The van der Waals surface area contributed by atoms with Crippen LogP contribution >= 0.6 is 12.2 Å². The number of hydrogen-bond donors (Lipinski definition) is 0. The molecule has 0 radical (unpaired) electrons. The van der Waals surface area contributed by atoms with Crippen LogP contribution in [0.2, 0.25) is 0 Å². The number of thiocarbonyl (C=S) groups is 1. The van der Waals surface area contributed by atoms with Gasteiger partial charge in [0.15, 0.2) is 16.6 Å². The van der Waals surface area contributed by atoms with Gasteiger partial charge in [-0.15, -0.1) is 0 Å². The molecule has 0 N–H and O–H groups in total. The SMILES string of the molecule is CCOc1cc(C=C2C(=O)N(C)C(=S)N(C)C2=O)ccc1OCc1cccc(C)c1. The van der Waals surface area contributed by atoms with E-state index in [1.165, 1.54) is 15.4 Å². The first-order chi connectivity index (χ1) is 14.3. The summed E-state index contributed by atoms with van der Waals surface area (Å²) in [7, 11) is 3.10. The average Bonchev–Trinajstić information content (AvgIpc) is 2.73. The summed E-state index contributed by atoms with van der Waals surface area (Å²) in [6, 6.07) is 13.4. The Hall–Kier alpha value is -3.19. The molecule has 0 bridgehead atoms. The molecule has 1 aliphatic rings. The minimum absolute atomic E-state index is 0.0458. The van der Waals surface area contributed by atoms with Crippen LogP contribution in [0.5, 0.6) is 11.5 Å². The molecule has 2 amide bonds. The molecule has 1 fully saturated rings. The van der Waals surface area contributed by atoms with Crippen LogP contribution < -0.4 is 9.47 Å². The summed E-state index contributed by atoms with van der Waals surface area (Å²) in [5.41, 5.74) is 2.93. The van der Waals surface area contributed by atoms with Crippen LogP contribution in [-0.4, -0.2) is 47.4 Å². The summed E-state index contributed by atoms with van der Waals surface area (Å²) in [5.74, 6) is 0.284. The monoisotopic (exact) mass is 424 g/mol. The number of benzene rings is 2. The van der Waals surface area contributed by atoms with E-state index in [9.17, 15) is 9.59 Å². The third kappa shape index (κ3) is 4.52. The second-order valence-electron chi connectivity index (χ2n) is 6.99. The van der Waals surface area contributed by atoms with Gasteiger partial charge in [-0.1, -0.05) is 35.9 Å². The molecule has 0 aromatic heterocycles. The van der Waals surface area contributed by atoms with Crippen molar-refractivity contribution in [1.82, 2.24) is 9.80 Å². The minimum atomic E-state index is -0.430. The number of carbonyl (C=O) groups excluding carboxylic acids is 2. The smallest absolute Gasteiger partial charge is 0.265 e.